The molecule has 138 valence electrons. The molecule has 0 bridgehead atoms. The lowest BCUT2D eigenvalue weighted by Gasteiger charge is -2.28. The molecule has 0 aromatic heterocycles. The average molecular weight is 373 g/mol. The second-order valence-electron chi connectivity index (χ2n) is 6.03. The van der Waals surface area contributed by atoms with Crippen LogP contribution in [0, 0.1) is 0 Å². The number of hydrogen-bond acceptors (Lipinski definition) is 2. The van der Waals surface area contributed by atoms with Crippen molar-refractivity contribution in [3.05, 3.63) is 71.3 Å². The Bertz CT molecular complexity index is 795. The highest BCUT2D eigenvalue weighted by Gasteiger charge is 2.49. The summed E-state index contributed by atoms with van der Waals surface area (Å²) in [7, 11) is 0. The van der Waals surface area contributed by atoms with Crippen LogP contribution in [0.5, 0.6) is 0 Å². The molecule has 0 saturated heterocycles. The zero-order valence-electron chi connectivity index (χ0n) is 13.2. The molecule has 1 aliphatic rings. The van der Waals surface area contributed by atoms with Gasteiger partial charge in [-0.05, 0) is 23.3 Å². The van der Waals surface area contributed by atoms with E-state index in [-0.39, 0.29) is 17.7 Å². The Hall–Kier alpha value is -2.51. The van der Waals surface area contributed by atoms with Gasteiger partial charge in [0.25, 0.3) is 0 Å². The Kier molecular flexibility index (Phi) is 4.46. The van der Waals surface area contributed by atoms with Crippen LogP contribution in [-0.2, 0) is 16.6 Å². The fourth-order valence-corrected chi connectivity index (χ4v) is 2.90. The first kappa shape index (κ1) is 18.3. The maximum atomic E-state index is 13.1. The minimum Gasteiger partial charge on any atom is -0.383 e. The van der Waals surface area contributed by atoms with E-state index in [0.29, 0.717) is 5.56 Å². The van der Waals surface area contributed by atoms with Crippen LogP contribution in [0.15, 0.2) is 59.8 Å². The first-order chi connectivity index (χ1) is 12.1. The van der Waals surface area contributed by atoms with Gasteiger partial charge in [-0.2, -0.15) is 26.3 Å². The second kappa shape index (κ2) is 6.34. The fraction of sp³-hybridized carbons (Fsp3) is 0.278. The molecule has 1 aliphatic heterocycles. The van der Waals surface area contributed by atoms with Crippen molar-refractivity contribution in [3.63, 3.8) is 0 Å². The van der Waals surface area contributed by atoms with Crippen molar-refractivity contribution in [1.29, 1.82) is 0 Å². The van der Waals surface area contributed by atoms with Gasteiger partial charge >= 0.3 is 12.4 Å². The van der Waals surface area contributed by atoms with Crippen LogP contribution >= 0.6 is 0 Å². The third-order valence-electron chi connectivity index (χ3n) is 4.11. The number of rotatable bonds is 3. The Morgan fingerprint density at radius 2 is 1.50 bits per heavy atom. The lowest BCUT2D eigenvalue weighted by atomic mass is 9.84. The van der Waals surface area contributed by atoms with Gasteiger partial charge in [0.1, 0.15) is 0 Å². The van der Waals surface area contributed by atoms with Gasteiger partial charge in [0.2, 0.25) is 0 Å². The van der Waals surface area contributed by atoms with E-state index in [1.54, 1.807) is 18.2 Å². The van der Waals surface area contributed by atoms with Gasteiger partial charge in [-0.1, -0.05) is 47.6 Å². The molecule has 1 heterocycles. The lowest BCUT2D eigenvalue weighted by Crippen LogP contribution is -2.32. The van der Waals surface area contributed by atoms with Gasteiger partial charge in [0, 0.05) is 6.42 Å². The molecular weight excluding hydrogens is 360 g/mol. The van der Waals surface area contributed by atoms with E-state index in [1.807, 2.05) is 0 Å². The van der Waals surface area contributed by atoms with Crippen LogP contribution in [-0.4, -0.2) is 11.9 Å². The molecule has 0 saturated carbocycles. The largest absolute Gasteiger partial charge is 0.416 e. The van der Waals surface area contributed by atoms with Crippen molar-refractivity contribution in [2.45, 2.75) is 30.8 Å². The molecule has 2 aromatic rings. The minimum atomic E-state index is -4.50. The van der Waals surface area contributed by atoms with Gasteiger partial charge in [0.05, 0.1) is 17.7 Å². The highest BCUT2D eigenvalue weighted by molar-refractivity contribution is 6.01. The van der Waals surface area contributed by atoms with E-state index >= 15 is 0 Å². The van der Waals surface area contributed by atoms with E-state index in [4.69, 9.17) is 4.84 Å². The summed E-state index contributed by atoms with van der Waals surface area (Å²) >= 11 is 0. The first-order valence-electron chi connectivity index (χ1n) is 7.64. The van der Waals surface area contributed by atoms with Crippen molar-refractivity contribution in [3.8, 4) is 0 Å². The number of benzene rings is 2. The molecule has 0 radical (unpaired) electrons. The summed E-state index contributed by atoms with van der Waals surface area (Å²) in [5.74, 6) is 0. The summed E-state index contributed by atoms with van der Waals surface area (Å²) in [5, 5.41) is 3.75. The SMILES string of the molecule is FC(F)(F)CC1(c2ccccc2)CC(c2ccc(C(F)(F)F)cc2)=NO1. The van der Waals surface area contributed by atoms with Crippen molar-refractivity contribution < 1.29 is 31.2 Å². The Labute approximate surface area is 145 Å². The predicted molar refractivity (Wildman–Crippen MR) is 82.5 cm³/mol. The molecule has 0 fully saturated rings. The third kappa shape index (κ3) is 3.84. The zero-order chi connectivity index (χ0) is 19.0. The van der Waals surface area contributed by atoms with E-state index in [9.17, 15) is 26.3 Å². The molecule has 0 aliphatic carbocycles. The molecule has 26 heavy (non-hydrogen) atoms. The summed E-state index contributed by atoms with van der Waals surface area (Å²) < 4.78 is 77.2. The van der Waals surface area contributed by atoms with Gasteiger partial charge < -0.3 is 4.84 Å². The molecule has 3 rings (SSSR count). The van der Waals surface area contributed by atoms with Crippen LogP contribution in [0.3, 0.4) is 0 Å². The molecule has 8 heteroatoms. The average Bonchev–Trinajstić information content (AvgIpc) is 2.98. The number of halogens is 6. The van der Waals surface area contributed by atoms with Gasteiger partial charge in [0.15, 0.2) is 5.60 Å². The summed E-state index contributed by atoms with van der Waals surface area (Å²) in [6.07, 6.45) is -10.4. The Morgan fingerprint density at radius 1 is 0.885 bits per heavy atom. The molecule has 1 atom stereocenters. The highest BCUT2D eigenvalue weighted by atomic mass is 19.4. The first-order valence-corrected chi connectivity index (χ1v) is 7.64. The number of oxime groups is 1. The van der Waals surface area contributed by atoms with Crippen LogP contribution in [0.1, 0.15) is 29.5 Å². The number of alkyl halides is 6. The van der Waals surface area contributed by atoms with Crippen LogP contribution < -0.4 is 0 Å². The van der Waals surface area contributed by atoms with Crippen molar-refractivity contribution in [1.82, 2.24) is 0 Å². The Balaban J connectivity index is 1.89. The fourth-order valence-electron chi connectivity index (χ4n) is 2.90. The van der Waals surface area contributed by atoms with Gasteiger partial charge in [-0.15, -0.1) is 0 Å². The highest BCUT2D eigenvalue weighted by Crippen LogP contribution is 2.44. The molecule has 1 unspecified atom stereocenters. The summed E-state index contributed by atoms with van der Waals surface area (Å²) in [6, 6.07) is 12.0. The molecule has 0 spiro atoms. The standard InChI is InChI=1S/C18H13F6NO/c19-17(20,21)11-16(13-4-2-1-3-5-13)10-15(25-26-16)12-6-8-14(9-7-12)18(22,23)24/h1-9H,10-11H2. The molecule has 0 amide bonds. The monoisotopic (exact) mass is 373 g/mol. The maximum Gasteiger partial charge on any atom is 0.416 e. The minimum absolute atomic E-state index is 0.173. The van der Waals surface area contributed by atoms with Crippen molar-refractivity contribution in [2.24, 2.45) is 5.16 Å². The molecule has 0 N–H and O–H groups in total. The molecular formula is C18H13F6NO. The van der Waals surface area contributed by atoms with E-state index < -0.39 is 29.9 Å². The smallest absolute Gasteiger partial charge is 0.383 e. The van der Waals surface area contributed by atoms with Crippen LogP contribution in [0.25, 0.3) is 0 Å². The topological polar surface area (TPSA) is 21.6 Å². The van der Waals surface area contributed by atoms with Crippen molar-refractivity contribution in [2.75, 3.05) is 0 Å². The van der Waals surface area contributed by atoms with Crippen molar-refractivity contribution >= 4 is 5.71 Å². The summed E-state index contributed by atoms with van der Waals surface area (Å²) in [6.45, 7) is 0. The number of nitrogens with zero attached hydrogens (tertiary/aromatic N) is 1. The van der Waals surface area contributed by atoms with Crippen LogP contribution in [0.4, 0.5) is 26.3 Å². The normalized spacial score (nSPS) is 20.6. The molecule has 2 nitrogen and oxygen atoms in total. The zero-order valence-corrected chi connectivity index (χ0v) is 13.2. The Morgan fingerprint density at radius 3 is 2.04 bits per heavy atom. The van der Waals surface area contributed by atoms with Gasteiger partial charge in [-0.25, -0.2) is 0 Å². The number of hydrogen-bond donors (Lipinski definition) is 0. The van der Waals surface area contributed by atoms with E-state index in [1.165, 1.54) is 24.3 Å². The summed E-state index contributed by atoms with van der Waals surface area (Å²) in [4.78, 5) is 5.21. The second-order valence-corrected chi connectivity index (χ2v) is 6.03. The maximum absolute atomic E-state index is 13.1. The van der Waals surface area contributed by atoms with E-state index in [0.717, 1.165) is 12.1 Å². The molecule has 2 aromatic carbocycles. The third-order valence-corrected chi connectivity index (χ3v) is 4.11. The quantitative estimate of drug-likeness (QED) is 0.635. The van der Waals surface area contributed by atoms with Gasteiger partial charge in [-0.3, -0.25) is 0 Å². The summed E-state index contributed by atoms with van der Waals surface area (Å²) in [5.41, 5.74) is -1.80. The lowest BCUT2D eigenvalue weighted by molar-refractivity contribution is -0.186. The van der Waals surface area contributed by atoms with Crippen LogP contribution in [0.2, 0.25) is 0 Å². The van der Waals surface area contributed by atoms with E-state index in [2.05, 4.69) is 5.16 Å². The predicted octanol–water partition coefficient (Wildman–Crippen LogP) is 5.68.